The molecule has 100 valence electrons. The summed E-state index contributed by atoms with van der Waals surface area (Å²) in [6, 6.07) is 0.136. The maximum absolute atomic E-state index is 11.9. The molecule has 0 radical (unpaired) electrons. The minimum Gasteiger partial charge on any atom is -0.380 e. The van der Waals surface area contributed by atoms with Gasteiger partial charge in [0, 0.05) is 13.0 Å². The SMILES string of the molecule is CCOCC(NC(=O)CC1CCNC1)C(C)C. The molecule has 2 N–H and O–H groups in total. The Balaban J connectivity index is 2.29. The van der Waals surface area contributed by atoms with E-state index in [-0.39, 0.29) is 11.9 Å². The first kappa shape index (κ1) is 14.5. The first-order chi connectivity index (χ1) is 8.13. The van der Waals surface area contributed by atoms with Gasteiger partial charge in [0.1, 0.15) is 0 Å². The molecule has 17 heavy (non-hydrogen) atoms. The maximum Gasteiger partial charge on any atom is 0.220 e. The molecule has 1 aliphatic rings. The normalized spacial score (nSPS) is 21.8. The third kappa shape index (κ3) is 5.50. The Bertz CT molecular complexity index is 225. The predicted molar refractivity (Wildman–Crippen MR) is 68.9 cm³/mol. The number of ether oxygens (including phenoxy) is 1. The molecule has 0 saturated carbocycles. The van der Waals surface area contributed by atoms with Gasteiger partial charge in [-0.1, -0.05) is 13.8 Å². The van der Waals surface area contributed by atoms with E-state index < -0.39 is 0 Å². The van der Waals surface area contributed by atoms with E-state index in [1.54, 1.807) is 0 Å². The third-order valence-corrected chi connectivity index (χ3v) is 3.29. The molecule has 4 nitrogen and oxygen atoms in total. The van der Waals surface area contributed by atoms with Gasteiger partial charge in [0.2, 0.25) is 5.91 Å². The zero-order valence-electron chi connectivity index (χ0n) is 11.3. The zero-order valence-corrected chi connectivity index (χ0v) is 11.3. The van der Waals surface area contributed by atoms with Crippen molar-refractivity contribution in [2.45, 2.75) is 39.7 Å². The molecule has 2 atom stereocenters. The summed E-state index contributed by atoms with van der Waals surface area (Å²) in [7, 11) is 0. The standard InChI is InChI=1S/C13H26N2O2/c1-4-17-9-12(10(2)3)15-13(16)7-11-5-6-14-8-11/h10-12,14H,4-9H2,1-3H3,(H,15,16). The Morgan fingerprint density at radius 3 is 2.82 bits per heavy atom. The highest BCUT2D eigenvalue weighted by Gasteiger charge is 2.21. The van der Waals surface area contributed by atoms with Crippen LogP contribution in [0.25, 0.3) is 0 Å². The van der Waals surface area contributed by atoms with Gasteiger partial charge in [-0.25, -0.2) is 0 Å². The smallest absolute Gasteiger partial charge is 0.220 e. The molecular weight excluding hydrogens is 216 g/mol. The molecule has 1 rings (SSSR count). The van der Waals surface area contributed by atoms with Crippen LogP contribution >= 0.6 is 0 Å². The molecule has 0 bridgehead atoms. The number of carbonyl (C=O) groups excluding carboxylic acids is 1. The second-order valence-electron chi connectivity index (χ2n) is 5.14. The Morgan fingerprint density at radius 1 is 1.53 bits per heavy atom. The Kier molecular flexibility index (Phi) is 6.52. The lowest BCUT2D eigenvalue weighted by molar-refractivity contribution is -0.123. The fourth-order valence-electron chi connectivity index (χ4n) is 2.06. The van der Waals surface area contributed by atoms with E-state index in [1.165, 1.54) is 0 Å². The van der Waals surface area contributed by atoms with E-state index in [1.807, 2.05) is 6.92 Å². The first-order valence-electron chi connectivity index (χ1n) is 6.71. The number of nitrogens with one attached hydrogen (secondary N) is 2. The van der Waals surface area contributed by atoms with E-state index in [0.29, 0.717) is 31.5 Å². The van der Waals surface area contributed by atoms with Gasteiger partial charge in [0.25, 0.3) is 0 Å². The average Bonchev–Trinajstić information content (AvgIpc) is 2.76. The molecule has 1 aliphatic heterocycles. The minimum atomic E-state index is 0.136. The Labute approximate surface area is 104 Å². The van der Waals surface area contributed by atoms with Crippen LogP contribution < -0.4 is 10.6 Å². The number of hydrogen-bond donors (Lipinski definition) is 2. The average molecular weight is 242 g/mol. The number of amides is 1. The van der Waals surface area contributed by atoms with Gasteiger partial charge >= 0.3 is 0 Å². The third-order valence-electron chi connectivity index (χ3n) is 3.29. The summed E-state index contributed by atoms with van der Waals surface area (Å²) in [4.78, 5) is 11.9. The monoisotopic (exact) mass is 242 g/mol. The zero-order chi connectivity index (χ0) is 12.7. The van der Waals surface area contributed by atoms with Crippen molar-refractivity contribution in [3.8, 4) is 0 Å². The van der Waals surface area contributed by atoms with Gasteiger partial charge in [0.05, 0.1) is 12.6 Å². The Morgan fingerprint density at radius 2 is 2.29 bits per heavy atom. The fraction of sp³-hybridized carbons (Fsp3) is 0.923. The number of hydrogen-bond acceptors (Lipinski definition) is 3. The molecule has 2 unspecified atom stereocenters. The molecule has 0 aromatic heterocycles. The second kappa shape index (κ2) is 7.67. The molecule has 0 aliphatic carbocycles. The van der Waals surface area contributed by atoms with E-state index >= 15 is 0 Å². The molecule has 0 spiro atoms. The van der Waals surface area contributed by atoms with Crippen molar-refractivity contribution in [3.05, 3.63) is 0 Å². The summed E-state index contributed by atoms with van der Waals surface area (Å²) >= 11 is 0. The first-order valence-corrected chi connectivity index (χ1v) is 6.71. The van der Waals surface area contributed by atoms with Crippen LogP contribution in [0, 0.1) is 11.8 Å². The van der Waals surface area contributed by atoms with Crippen LogP contribution in [-0.4, -0.2) is 38.3 Å². The van der Waals surface area contributed by atoms with Crippen molar-refractivity contribution in [2.24, 2.45) is 11.8 Å². The molecular formula is C13H26N2O2. The molecule has 1 saturated heterocycles. The van der Waals surface area contributed by atoms with Gasteiger partial charge in [-0.15, -0.1) is 0 Å². The van der Waals surface area contributed by atoms with E-state index in [9.17, 15) is 4.79 Å². The van der Waals surface area contributed by atoms with Crippen LogP contribution in [-0.2, 0) is 9.53 Å². The lowest BCUT2D eigenvalue weighted by Crippen LogP contribution is -2.42. The molecule has 1 amide bonds. The summed E-state index contributed by atoms with van der Waals surface area (Å²) < 4.78 is 5.40. The van der Waals surface area contributed by atoms with Crippen LogP contribution in [0.3, 0.4) is 0 Å². The van der Waals surface area contributed by atoms with E-state index in [2.05, 4.69) is 24.5 Å². The van der Waals surface area contributed by atoms with Crippen LogP contribution in [0.15, 0.2) is 0 Å². The summed E-state index contributed by atoms with van der Waals surface area (Å²) in [6.45, 7) is 9.54. The summed E-state index contributed by atoms with van der Waals surface area (Å²) in [5, 5.41) is 6.37. The number of carbonyl (C=O) groups is 1. The lowest BCUT2D eigenvalue weighted by atomic mass is 10.0. The van der Waals surface area contributed by atoms with Crippen molar-refractivity contribution in [3.63, 3.8) is 0 Å². The van der Waals surface area contributed by atoms with Crippen molar-refractivity contribution in [1.29, 1.82) is 0 Å². The largest absolute Gasteiger partial charge is 0.380 e. The van der Waals surface area contributed by atoms with Crippen molar-refractivity contribution in [2.75, 3.05) is 26.3 Å². The molecule has 0 aromatic rings. The lowest BCUT2D eigenvalue weighted by Gasteiger charge is -2.22. The Hall–Kier alpha value is -0.610. The molecule has 1 heterocycles. The molecule has 1 fully saturated rings. The quantitative estimate of drug-likeness (QED) is 0.704. The van der Waals surface area contributed by atoms with Gasteiger partial charge in [-0.2, -0.15) is 0 Å². The summed E-state index contributed by atoms with van der Waals surface area (Å²) in [5.74, 6) is 1.08. The molecule has 4 heteroatoms. The van der Waals surface area contributed by atoms with Gasteiger partial charge in [-0.05, 0) is 38.3 Å². The second-order valence-corrected chi connectivity index (χ2v) is 5.14. The topological polar surface area (TPSA) is 50.4 Å². The predicted octanol–water partition coefficient (Wildman–Crippen LogP) is 1.16. The summed E-state index contributed by atoms with van der Waals surface area (Å²) in [6.07, 6.45) is 1.76. The number of rotatable bonds is 7. The highest BCUT2D eigenvalue weighted by atomic mass is 16.5. The van der Waals surface area contributed by atoms with Crippen molar-refractivity contribution in [1.82, 2.24) is 10.6 Å². The minimum absolute atomic E-state index is 0.136. The van der Waals surface area contributed by atoms with Crippen molar-refractivity contribution < 1.29 is 9.53 Å². The van der Waals surface area contributed by atoms with Gasteiger partial charge < -0.3 is 15.4 Å². The van der Waals surface area contributed by atoms with Crippen LogP contribution in [0.1, 0.15) is 33.6 Å². The van der Waals surface area contributed by atoms with Gasteiger partial charge in [-0.3, -0.25) is 4.79 Å². The van der Waals surface area contributed by atoms with Crippen LogP contribution in [0.4, 0.5) is 0 Å². The highest BCUT2D eigenvalue weighted by Crippen LogP contribution is 2.12. The molecule has 0 aromatic carbocycles. The highest BCUT2D eigenvalue weighted by molar-refractivity contribution is 5.76. The van der Waals surface area contributed by atoms with E-state index in [4.69, 9.17) is 4.74 Å². The summed E-state index contributed by atoms with van der Waals surface area (Å²) in [5.41, 5.74) is 0. The van der Waals surface area contributed by atoms with Crippen molar-refractivity contribution >= 4 is 5.91 Å². The maximum atomic E-state index is 11.9. The van der Waals surface area contributed by atoms with Gasteiger partial charge in [0.15, 0.2) is 0 Å². The van der Waals surface area contributed by atoms with Crippen LogP contribution in [0.5, 0.6) is 0 Å². The fourth-order valence-corrected chi connectivity index (χ4v) is 2.06. The van der Waals surface area contributed by atoms with Crippen LogP contribution in [0.2, 0.25) is 0 Å². The van der Waals surface area contributed by atoms with E-state index in [0.717, 1.165) is 19.5 Å².